The average molecular weight is 356 g/mol. The molecule has 7 heteroatoms. The highest BCUT2D eigenvalue weighted by atomic mass is 35.5. The molecular weight excluding hydrogens is 330 g/mol. The van der Waals surface area contributed by atoms with Crippen LogP contribution in [0.2, 0.25) is 0 Å². The number of nitrogens with zero attached hydrogens (tertiary/aromatic N) is 2. The molecule has 1 aromatic rings. The molecule has 0 spiro atoms. The second-order valence-corrected chi connectivity index (χ2v) is 6.05. The molecule has 1 fully saturated rings. The topological polar surface area (TPSA) is 61.9 Å². The molecule has 1 N–H and O–H groups in total. The molecule has 1 aliphatic heterocycles. The van der Waals surface area contributed by atoms with Gasteiger partial charge in [0.2, 0.25) is 0 Å². The van der Waals surface area contributed by atoms with Gasteiger partial charge >= 0.3 is 6.09 Å². The van der Waals surface area contributed by atoms with Crippen LogP contribution in [-0.4, -0.2) is 68.6 Å². The molecule has 0 aliphatic carbocycles. The van der Waals surface area contributed by atoms with Crippen LogP contribution in [0.1, 0.15) is 23.2 Å². The first-order valence-corrected chi connectivity index (χ1v) is 7.99. The van der Waals surface area contributed by atoms with E-state index in [1.165, 1.54) is 12.8 Å². The SMILES string of the molecule is CN(C)CC(=O)c1ccc(NC(=O)OCCN2CCCC2)cc1.Cl. The first-order chi connectivity index (χ1) is 11.0. The van der Waals surface area contributed by atoms with Crippen molar-refractivity contribution in [1.82, 2.24) is 9.80 Å². The second kappa shape index (κ2) is 10.3. The zero-order valence-electron chi connectivity index (χ0n) is 14.3. The third kappa shape index (κ3) is 6.86. The summed E-state index contributed by atoms with van der Waals surface area (Å²) < 4.78 is 5.17. The summed E-state index contributed by atoms with van der Waals surface area (Å²) in [5.74, 6) is 0.0507. The van der Waals surface area contributed by atoms with Gasteiger partial charge in [-0.3, -0.25) is 15.0 Å². The van der Waals surface area contributed by atoms with Crippen LogP contribution in [0, 0.1) is 0 Å². The number of benzene rings is 1. The van der Waals surface area contributed by atoms with E-state index < -0.39 is 6.09 Å². The van der Waals surface area contributed by atoms with Gasteiger partial charge in [-0.15, -0.1) is 12.4 Å². The predicted octanol–water partition coefficient (Wildman–Crippen LogP) is 2.50. The van der Waals surface area contributed by atoms with E-state index in [4.69, 9.17) is 4.74 Å². The Morgan fingerprint density at radius 3 is 2.38 bits per heavy atom. The number of Topliss-reactive ketones (excluding diaryl/α,β-unsaturated/α-hetero) is 1. The van der Waals surface area contributed by atoms with Crippen molar-refractivity contribution in [2.24, 2.45) is 0 Å². The minimum absolute atomic E-state index is 0. The Bertz CT molecular complexity index is 528. The van der Waals surface area contributed by atoms with E-state index in [2.05, 4.69) is 10.2 Å². The highest BCUT2D eigenvalue weighted by molar-refractivity contribution is 5.98. The van der Waals surface area contributed by atoms with Gasteiger partial charge in [0.1, 0.15) is 6.61 Å². The van der Waals surface area contributed by atoms with Crippen molar-refractivity contribution in [1.29, 1.82) is 0 Å². The third-order valence-corrected chi connectivity index (χ3v) is 3.75. The van der Waals surface area contributed by atoms with E-state index in [9.17, 15) is 9.59 Å². The van der Waals surface area contributed by atoms with E-state index in [-0.39, 0.29) is 18.2 Å². The number of nitrogens with one attached hydrogen (secondary N) is 1. The summed E-state index contributed by atoms with van der Waals surface area (Å²) >= 11 is 0. The lowest BCUT2D eigenvalue weighted by Crippen LogP contribution is -2.26. The monoisotopic (exact) mass is 355 g/mol. The Kier molecular flexibility index (Phi) is 8.74. The molecule has 1 aromatic carbocycles. The molecule has 1 amide bonds. The van der Waals surface area contributed by atoms with E-state index in [1.54, 1.807) is 24.3 Å². The van der Waals surface area contributed by atoms with Gasteiger partial charge in [0.25, 0.3) is 0 Å². The van der Waals surface area contributed by atoms with Crippen molar-refractivity contribution < 1.29 is 14.3 Å². The van der Waals surface area contributed by atoms with Gasteiger partial charge in [-0.2, -0.15) is 0 Å². The van der Waals surface area contributed by atoms with Gasteiger partial charge in [-0.1, -0.05) is 0 Å². The number of halogens is 1. The first-order valence-electron chi connectivity index (χ1n) is 7.99. The van der Waals surface area contributed by atoms with Crippen molar-refractivity contribution in [3.05, 3.63) is 29.8 Å². The van der Waals surface area contributed by atoms with Crippen LogP contribution in [0.25, 0.3) is 0 Å². The summed E-state index contributed by atoms with van der Waals surface area (Å²) in [6.45, 7) is 3.72. The fraction of sp³-hybridized carbons (Fsp3) is 0.529. The third-order valence-electron chi connectivity index (χ3n) is 3.75. The smallest absolute Gasteiger partial charge is 0.411 e. The lowest BCUT2D eigenvalue weighted by Gasteiger charge is -2.14. The van der Waals surface area contributed by atoms with Crippen molar-refractivity contribution in [3.8, 4) is 0 Å². The van der Waals surface area contributed by atoms with Gasteiger partial charge in [0.05, 0.1) is 6.54 Å². The van der Waals surface area contributed by atoms with Gasteiger partial charge in [-0.25, -0.2) is 4.79 Å². The van der Waals surface area contributed by atoms with E-state index >= 15 is 0 Å². The van der Waals surface area contributed by atoms with Crippen LogP contribution < -0.4 is 5.32 Å². The first kappa shape index (κ1) is 20.4. The lowest BCUT2D eigenvalue weighted by molar-refractivity contribution is 0.0958. The number of hydrogen-bond acceptors (Lipinski definition) is 5. The second-order valence-electron chi connectivity index (χ2n) is 6.05. The minimum atomic E-state index is -0.462. The number of carbonyl (C=O) groups excluding carboxylic acids is 2. The van der Waals surface area contributed by atoms with Crippen LogP contribution in [0.15, 0.2) is 24.3 Å². The quantitative estimate of drug-likeness (QED) is 0.761. The van der Waals surface area contributed by atoms with Crippen molar-refractivity contribution in [3.63, 3.8) is 0 Å². The number of likely N-dealkylation sites (N-methyl/N-ethyl adjacent to an activating group) is 1. The number of amides is 1. The number of likely N-dealkylation sites (tertiary alicyclic amines) is 1. The highest BCUT2D eigenvalue weighted by Crippen LogP contribution is 2.11. The summed E-state index contributed by atoms with van der Waals surface area (Å²) in [6.07, 6.45) is 1.99. The number of anilines is 1. The number of ether oxygens (including phenoxy) is 1. The molecule has 0 saturated carbocycles. The van der Waals surface area contributed by atoms with Gasteiger partial charge in [0.15, 0.2) is 5.78 Å². The van der Waals surface area contributed by atoms with Crippen molar-refractivity contribution in [2.45, 2.75) is 12.8 Å². The Hall–Kier alpha value is -1.63. The zero-order valence-corrected chi connectivity index (χ0v) is 15.1. The summed E-state index contributed by atoms with van der Waals surface area (Å²) in [6, 6.07) is 6.85. The van der Waals surface area contributed by atoms with Crippen molar-refractivity contribution in [2.75, 3.05) is 52.2 Å². The maximum absolute atomic E-state index is 11.9. The fourth-order valence-electron chi connectivity index (χ4n) is 2.55. The molecule has 0 unspecified atom stereocenters. The minimum Gasteiger partial charge on any atom is -0.448 e. The van der Waals surface area contributed by atoms with Crippen LogP contribution in [0.4, 0.5) is 10.5 Å². The largest absolute Gasteiger partial charge is 0.448 e. The standard InChI is InChI=1S/C17H25N3O3.ClH/c1-19(2)13-16(21)14-5-7-15(8-6-14)18-17(22)23-12-11-20-9-3-4-10-20;/h5-8H,3-4,9-13H2,1-2H3,(H,18,22);1H. The van der Waals surface area contributed by atoms with Gasteiger partial charge in [0, 0.05) is 17.8 Å². The maximum atomic E-state index is 11.9. The number of rotatable bonds is 7. The van der Waals surface area contributed by atoms with E-state index in [0.29, 0.717) is 24.4 Å². The Labute approximate surface area is 149 Å². The molecule has 1 aliphatic rings. The average Bonchev–Trinajstić information content (AvgIpc) is 3.00. The highest BCUT2D eigenvalue weighted by Gasteiger charge is 2.12. The molecule has 0 atom stereocenters. The Morgan fingerprint density at radius 2 is 1.79 bits per heavy atom. The molecule has 1 heterocycles. The maximum Gasteiger partial charge on any atom is 0.411 e. The number of carbonyl (C=O) groups is 2. The number of hydrogen-bond donors (Lipinski definition) is 1. The fourth-order valence-corrected chi connectivity index (χ4v) is 2.55. The summed E-state index contributed by atoms with van der Waals surface area (Å²) in [4.78, 5) is 27.7. The molecule has 134 valence electrons. The Morgan fingerprint density at radius 1 is 1.17 bits per heavy atom. The van der Waals surface area contributed by atoms with E-state index in [0.717, 1.165) is 19.6 Å². The molecular formula is C17H26ClN3O3. The molecule has 6 nitrogen and oxygen atoms in total. The molecule has 2 rings (SSSR count). The van der Waals surface area contributed by atoms with Crippen LogP contribution >= 0.6 is 12.4 Å². The molecule has 0 radical (unpaired) electrons. The van der Waals surface area contributed by atoms with Gasteiger partial charge < -0.3 is 9.64 Å². The van der Waals surface area contributed by atoms with E-state index in [1.807, 2.05) is 19.0 Å². The summed E-state index contributed by atoms with van der Waals surface area (Å²) in [5.41, 5.74) is 1.25. The normalized spacial score (nSPS) is 14.3. The van der Waals surface area contributed by atoms with Crippen LogP contribution in [0.3, 0.4) is 0 Å². The summed E-state index contributed by atoms with van der Waals surface area (Å²) in [7, 11) is 3.71. The molecule has 0 bridgehead atoms. The van der Waals surface area contributed by atoms with Crippen LogP contribution in [-0.2, 0) is 4.74 Å². The van der Waals surface area contributed by atoms with Crippen LogP contribution in [0.5, 0.6) is 0 Å². The van der Waals surface area contributed by atoms with Crippen molar-refractivity contribution >= 4 is 30.0 Å². The zero-order chi connectivity index (χ0) is 16.7. The lowest BCUT2D eigenvalue weighted by atomic mass is 10.1. The summed E-state index contributed by atoms with van der Waals surface area (Å²) in [5, 5.41) is 2.67. The predicted molar refractivity (Wildman–Crippen MR) is 97.2 cm³/mol. The molecule has 1 saturated heterocycles. The molecule has 0 aromatic heterocycles. The number of ketones is 1. The molecule has 24 heavy (non-hydrogen) atoms. The Balaban J connectivity index is 0.00000288. The van der Waals surface area contributed by atoms with Gasteiger partial charge in [-0.05, 0) is 64.3 Å².